The molecule has 0 aliphatic heterocycles. The summed E-state index contributed by atoms with van der Waals surface area (Å²) in [6.07, 6.45) is 7.58. The van der Waals surface area contributed by atoms with Crippen molar-refractivity contribution in [2.75, 3.05) is 309 Å². The molecule has 0 radical (unpaired) electrons. The number of aliphatic hydroxyl groups excluding tert-OH is 6. The summed E-state index contributed by atoms with van der Waals surface area (Å²) >= 11 is 0. The van der Waals surface area contributed by atoms with Crippen LogP contribution in [0.5, 0.6) is 0 Å². The Kier molecular flexibility index (Phi) is 77.7. The normalized spacial score (nSPS) is 14.9. The fourth-order valence-electron chi connectivity index (χ4n) is 12.5. The average molecular weight is 1700 g/mol. The number of unbranched alkanes of at least 4 members (excludes halogenated alkanes) is 2. The first kappa shape index (κ1) is 114. The highest BCUT2D eigenvalue weighted by atomic mass is 28.4. The molecule has 0 aromatic rings. The van der Waals surface area contributed by atoms with Crippen LogP contribution in [-0.2, 0) is 81.5 Å². The minimum Gasteiger partial charge on any atom is -0.389 e. The van der Waals surface area contributed by atoms with E-state index >= 15 is 0 Å². The molecular weight excluding hydrogens is 1530 g/mol. The van der Waals surface area contributed by atoms with Gasteiger partial charge in [-0.15, -0.1) is 0 Å². The van der Waals surface area contributed by atoms with Crippen LogP contribution in [0.2, 0.25) is 24.2 Å². The van der Waals surface area contributed by atoms with Gasteiger partial charge in [-0.1, -0.05) is 66.2 Å². The number of ether oxygens (including phenoxy) is 6. The van der Waals surface area contributed by atoms with Gasteiger partial charge in [-0.3, -0.25) is 19.6 Å². The molecule has 34 nitrogen and oxygen atoms in total. The number of nitrogens with two attached hydrogens (primary N) is 2. The number of nitrogens with zero attached hydrogens (tertiary/aromatic N) is 4. The lowest BCUT2D eigenvalue weighted by Crippen LogP contribution is -2.47. The van der Waals surface area contributed by atoms with Crippen molar-refractivity contribution in [1.82, 2.24) is 40.9 Å². The van der Waals surface area contributed by atoms with Gasteiger partial charge in [0.1, 0.15) is 0 Å². The van der Waals surface area contributed by atoms with Gasteiger partial charge in [0.05, 0.1) is 76.3 Å². The van der Waals surface area contributed by atoms with Gasteiger partial charge in [0, 0.05) is 293 Å². The summed E-state index contributed by atoms with van der Waals surface area (Å²) in [6, 6.07) is 2.46. The number of hydrogen-bond acceptors (Lipinski definition) is 34. The van der Waals surface area contributed by atoms with Crippen molar-refractivity contribution in [3.8, 4) is 0 Å². The summed E-state index contributed by atoms with van der Waals surface area (Å²) in [6.45, 7) is 26.2. The van der Waals surface area contributed by atoms with Gasteiger partial charge in [0.15, 0.2) is 0 Å². The lowest BCUT2D eigenvalue weighted by Gasteiger charge is -2.31. The second-order valence-electron chi connectivity index (χ2n) is 28.4. The summed E-state index contributed by atoms with van der Waals surface area (Å²) in [5.41, 5.74) is 11.3. The molecule has 0 heterocycles. The Morgan fingerprint density at radius 3 is 0.812 bits per heavy atom. The zero-order valence-corrected chi connectivity index (χ0v) is 76.9. The van der Waals surface area contributed by atoms with E-state index in [1.165, 1.54) is 19.3 Å². The third kappa shape index (κ3) is 59.3. The van der Waals surface area contributed by atoms with E-state index in [2.05, 4.69) is 63.7 Å². The Balaban J connectivity index is 0. The monoisotopic (exact) mass is 1700 g/mol. The van der Waals surface area contributed by atoms with Crippen LogP contribution in [0.15, 0.2) is 0 Å². The second kappa shape index (κ2) is 76.6. The molecule has 38 heteroatoms. The standard InChI is InChI=1S/2C37H85N5O12Si2/c1-9-11-14-34(10-2)30-54-33-37(45)29-41(19-17-39-16-15-38)21-22-42(28-36(44)32-53-24-13-26-56(49-6,50-7)51-8)20-18-40-27-35(43)31-52-23-12-25-55(46-3,47-4)48-5;1-9-11-14-34(10-2)30-54-33-37(45)29-42(28-36(44)32-53-24-13-26-56(49-6,50-7)51-8)22-21-41(20-19-40-18-17-39-16-15-38)27-35(43)31-52-23-12-25-55(46-3,47-4)48-5/h2*34-37,39-40,43-45H,9-33,38H2,1-8H3. The summed E-state index contributed by atoms with van der Waals surface area (Å²) in [5.74, 6) is 0.995. The Morgan fingerprint density at radius 2 is 0.536 bits per heavy atom. The lowest BCUT2D eigenvalue weighted by atomic mass is 10.0. The van der Waals surface area contributed by atoms with Gasteiger partial charge in [-0.2, -0.15) is 0 Å². The van der Waals surface area contributed by atoms with Crippen LogP contribution in [0, 0.1) is 11.8 Å². The topological polar surface area (TPSA) is 401 Å². The minimum atomic E-state index is -2.69. The van der Waals surface area contributed by atoms with E-state index in [4.69, 9.17) is 93.0 Å². The van der Waals surface area contributed by atoms with Crippen LogP contribution >= 0.6 is 0 Å². The molecule has 676 valence electrons. The highest BCUT2D eigenvalue weighted by Crippen LogP contribution is 2.20. The smallest absolute Gasteiger partial charge is 0.389 e. The van der Waals surface area contributed by atoms with E-state index in [1.807, 2.05) is 4.90 Å². The molecule has 0 amide bonds. The van der Waals surface area contributed by atoms with Crippen molar-refractivity contribution in [3.63, 3.8) is 0 Å². The summed E-state index contributed by atoms with van der Waals surface area (Å²) in [7, 11) is 8.38. The van der Waals surface area contributed by atoms with E-state index in [0.29, 0.717) is 206 Å². The molecule has 14 N–H and O–H groups in total. The van der Waals surface area contributed by atoms with E-state index in [1.54, 1.807) is 85.3 Å². The molecule has 0 saturated carbocycles. The van der Waals surface area contributed by atoms with Crippen molar-refractivity contribution < 1.29 is 112 Å². The van der Waals surface area contributed by atoms with Crippen molar-refractivity contribution in [3.05, 3.63) is 0 Å². The van der Waals surface area contributed by atoms with Gasteiger partial charge < -0.3 is 145 Å². The van der Waals surface area contributed by atoms with E-state index in [9.17, 15) is 30.6 Å². The summed E-state index contributed by atoms with van der Waals surface area (Å²) in [4.78, 5) is 8.64. The van der Waals surface area contributed by atoms with Gasteiger partial charge in [-0.25, -0.2) is 0 Å². The third-order valence-electron chi connectivity index (χ3n) is 19.6. The maximum absolute atomic E-state index is 11.1. The zero-order valence-electron chi connectivity index (χ0n) is 72.9. The molecular formula is C74H170N10O24Si4. The Morgan fingerprint density at radius 1 is 0.286 bits per heavy atom. The molecule has 0 aromatic heterocycles. The van der Waals surface area contributed by atoms with Crippen molar-refractivity contribution in [2.24, 2.45) is 23.3 Å². The van der Waals surface area contributed by atoms with E-state index in [-0.39, 0.29) is 33.0 Å². The van der Waals surface area contributed by atoms with Gasteiger partial charge >= 0.3 is 35.2 Å². The molecule has 0 rings (SSSR count). The molecule has 0 fully saturated rings. The van der Waals surface area contributed by atoms with Crippen LogP contribution in [0.4, 0.5) is 0 Å². The second-order valence-corrected chi connectivity index (χ2v) is 40.8. The highest BCUT2D eigenvalue weighted by molar-refractivity contribution is 6.61. The minimum absolute atomic E-state index is 0.144. The maximum Gasteiger partial charge on any atom is 0.500 e. The van der Waals surface area contributed by atoms with Gasteiger partial charge in [-0.05, 0) is 50.4 Å². The number of rotatable bonds is 86. The van der Waals surface area contributed by atoms with Crippen molar-refractivity contribution >= 4 is 35.2 Å². The van der Waals surface area contributed by atoms with Gasteiger partial charge in [0.2, 0.25) is 0 Å². The average Bonchev–Trinajstić information content (AvgIpc) is 0.919. The third-order valence-corrected chi connectivity index (χ3v) is 30.9. The zero-order chi connectivity index (χ0) is 83.8. The molecule has 0 aliphatic carbocycles. The summed E-state index contributed by atoms with van der Waals surface area (Å²) in [5, 5.41) is 79.0. The van der Waals surface area contributed by atoms with Gasteiger partial charge in [0.25, 0.3) is 0 Å². The molecule has 0 spiro atoms. The quantitative estimate of drug-likeness (QED) is 0.0301. The first-order valence-electron chi connectivity index (χ1n) is 41.4. The molecule has 0 bridgehead atoms. The predicted molar refractivity (Wildman–Crippen MR) is 448 cm³/mol. The highest BCUT2D eigenvalue weighted by Gasteiger charge is 2.40. The molecule has 0 saturated heterocycles. The Hall–Kier alpha value is -0.492. The Labute approximate surface area is 682 Å². The van der Waals surface area contributed by atoms with Crippen LogP contribution in [0.25, 0.3) is 0 Å². The largest absolute Gasteiger partial charge is 0.500 e. The lowest BCUT2D eigenvalue weighted by molar-refractivity contribution is -0.0200. The number of hydrogen-bond donors (Lipinski definition) is 12. The van der Waals surface area contributed by atoms with Crippen LogP contribution in [0.3, 0.4) is 0 Å². The van der Waals surface area contributed by atoms with Crippen molar-refractivity contribution in [2.45, 2.75) is 166 Å². The van der Waals surface area contributed by atoms with Crippen LogP contribution in [-0.4, -0.2) is 431 Å². The number of nitrogens with one attached hydrogen (secondary N) is 4. The van der Waals surface area contributed by atoms with Crippen LogP contribution < -0.4 is 32.7 Å². The van der Waals surface area contributed by atoms with E-state index < -0.39 is 71.8 Å². The summed E-state index contributed by atoms with van der Waals surface area (Å²) < 4.78 is 101. The number of aliphatic hydroxyl groups is 6. The fraction of sp³-hybridized carbons (Fsp3) is 1.00. The molecule has 0 aromatic carbocycles. The van der Waals surface area contributed by atoms with Crippen LogP contribution in [0.1, 0.15) is 105 Å². The first-order valence-corrected chi connectivity index (χ1v) is 49.1. The molecule has 112 heavy (non-hydrogen) atoms. The SMILES string of the molecule is CCCCC(CC)COCC(O)CN(CCN(CCNCCNCCN)CC(O)COCCC[Si](OC)(OC)OC)CC(O)COCCC[Si](OC)(OC)OC.CCCCC(CC)COCC(O)CN(CCNCCN)CCN(CCNCC(O)COCCC[Si](OC)(OC)OC)CC(O)COCCC[Si](OC)(OC)OC. The molecule has 8 unspecified atom stereocenters. The predicted octanol–water partition coefficient (Wildman–Crippen LogP) is 1.23. The Bertz CT molecular complexity index is 1920. The first-order chi connectivity index (χ1) is 54.1. The van der Waals surface area contributed by atoms with E-state index in [0.717, 1.165) is 77.9 Å². The van der Waals surface area contributed by atoms with Crippen molar-refractivity contribution in [1.29, 1.82) is 0 Å². The molecule has 8 atom stereocenters. The molecule has 0 aliphatic rings. The fourth-order valence-corrected chi connectivity index (χ4v) is 19.2. The maximum atomic E-state index is 11.1.